The number of nitrogens with zero attached hydrogens (tertiary/aromatic N) is 5. The highest BCUT2D eigenvalue weighted by atomic mass is 32.1. The highest BCUT2D eigenvalue weighted by molar-refractivity contribution is 7.26. The van der Waals surface area contributed by atoms with Crippen LogP contribution < -0.4 is 0 Å². The number of thiophene rings is 1. The van der Waals surface area contributed by atoms with Crippen LogP contribution in [-0.4, -0.2) is 13.7 Å². The molecule has 0 aliphatic rings. The van der Waals surface area contributed by atoms with Crippen molar-refractivity contribution in [2.24, 2.45) is 0 Å². The SMILES string of the molecule is N#Cc1c(C#N)c(-n2c3ccccc3c3ccc4c5ccccc5oc4c32)c(-n2c3ccccc3c3ccc4c5ccccc5oc4c32)c(-c2cccc3c2sc2ccccc23)c1-n1c2ccccc2c2ccc3c4ccccc4oc3c21. The molecule has 0 saturated carbocycles. The molecule has 0 aliphatic heterocycles. The zero-order valence-corrected chi connectivity index (χ0v) is 44.5. The number of benzene rings is 12. The van der Waals surface area contributed by atoms with Crippen molar-refractivity contribution in [2.75, 3.05) is 0 Å². The van der Waals surface area contributed by atoms with Gasteiger partial charge >= 0.3 is 0 Å². The van der Waals surface area contributed by atoms with E-state index in [2.05, 4.69) is 196 Å². The highest BCUT2D eigenvalue weighted by Gasteiger charge is 2.36. The third-order valence-electron chi connectivity index (χ3n) is 17.5. The van der Waals surface area contributed by atoms with Crippen molar-refractivity contribution >= 4 is 163 Å². The summed E-state index contributed by atoms with van der Waals surface area (Å²) in [6, 6.07) is 83.5. The van der Waals surface area contributed by atoms with Gasteiger partial charge < -0.3 is 27.0 Å². The van der Waals surface area contributed by atoms with Crippen LogP contribution in [-0.2, 0) is 0 Å². The number of aromatic nitrogens is 3. The molecule has 382 valence electrons. The third kappa shape index (κ3) is 5.65. The zero-order chi connectivity index (χ0) is 54.3. The maximum atomic E-state index is 12.7. The second kappa shape index (κ2) is 16.2. The molecule has 0 amide bonds. The molecule has 0 aliphatic carbocycles. The monoisotopic (exact) mass is 1080 g/mol. The molecule has 7 heterocycles. The second-order valence-corrected chi connectivity index (χ2v) is 22.6. The molecule has 7 aromatic heterocycles. The molecule has 0 radical (unpaired) electrons. The average molecular weight is 1080 g/mol. The van der Waals surface area contributed by atoms with Crippen LogP contribution in [0.3, 0.4) is 0 Å². The number of fused-ring (bicyclic) bond motifs is 24. The molecule has 19 rings (SSSR count). The van der Waals surface area contributed by atoms with Gasteiger partial charge in [0, 0.05) is 95.9 Å². The van der Waals surface area contributed by atoms with E-state index in [0.29, 0.717) is 33.8 Å². The molecular formula is C74H37N5O3S. The van der Waals surface area contributed by atoms with E-state index in [-0.39, 0.29) is 11.1 Å². The molecule has 8 nitrogen and oxygen atoms in total. The predicted octanol–water partition coefficient (Wildman–Crippen LogP) is 20.5. The summed E-state index contributed by atoms with van der Waals surface area (Å²) >= 11 is 1.73. The number of hydrogen-bond acceptors (Lipinski definition) is 6. The van der Waals surface area contributed by atoms with Crippen LogP contribution in [0.1, 0.15) is 11.1 Å². The summed E-state index contributed by atoms with van der Waals surface area (Å²) in [4.78, 5) is 0. The molecule has 83 heavy (non-hydrogen) atoms. The van der Waals surface area contributed by atoms with Crippen LogP contribution in [0.5, 0.6) is 0 Å². The number of rotatable bonds is 4. The Morgan fingerprint density at radius 2 is 0.663 bits per heavy atom. The average Bonchev–Trinajstić information content (AvgIpc) is 1.80. The first-order valence-electron chi connectivity index (χ1n) is 27.6. The van der Waals surface area contributed by atoms with Crippen molar-refractivity contribution < 1.29 is 13.3 Å². The van der Waals surface area contributed by atoms with E-state index in [9.17, 15) is 10.5 Å². The minimum absolute atomic E-state index is 0.186. The largest absolute Gasteiger partial charge is 0.454 e. The van der Waals surface area contributed by atoms with Crippen molar-refractivity contribution in [3.63, 3.8) is 0 Å². The van der Waals surface area contributed by atoms with Gasteiger partial charge in [-0.1, -0.05) is 164 Å². The van der Waals surface area contributed by atoms with Gasteiger partial charge in [-0.2, -0.15) is 10.5 Å². The van der Waals surface area contributed by atoms with Gasteiger partial charge in [-0.25, -0.2) is 0 Å². The first kappa shape index (κ1) is 44.5. The Hall–Kier alpha value is -11.4. The minimum atomic E-state index is 0.186. The second-order valence-electron chi connectivity index (χ2n) is 21.5. The van der Waals surface area contributed by atoms with Crippen molar-refractivity contribution in [3.05, 3.63) is 236 Å². The lowest BCUT2D eigenvalue weighted by Gasteiger charge is -2.27. The number of hydrogen-bond donors (Lipinski definition) is 0. The number of para-hydroxylation sites is 6. The van der Waals surface area contributed by atoms with Gasteiger partial charge in [-0.05, 0) is 60.7 Å². The van der Waals surface area contributed by atoms with E-state index in [1.807, 2.05) is 54.6 Å². The van der Waals surface area contributed by atoms with E-state index >= 15 is 0 Å². The highest BCUT2D eigenvalue weighted by Crippen LogP contribution is 2.54. The molecule has 0 atom stereocenters. The van der Waals surface area contributed by atoms with E-state index in [0.717, 1.165) is 146 Å². The van der Waals surface area contributed by atoms with E-state index in [1.54, 1.807) is 11.3 Å². The Bertz CT molecular complexity index is 6240. The number of nitriles is 2. The third-order valence-corrected chi connectivity index (χ3v) is 18.7. The summed E-state index contributed by atoms with van der Waals surface area (Å²) in [5.74, 6) is 0. The molecular weight excluding hydrogens is 1040 g/mol. The van der Waals surface area contributed by atoms with Gasteiger partial charge in [0.05, 0.1) is 61.3 Å². The van der Waals surface area contributed by atoms with Crippen LogP contribution >= 0.6 is 11.3 Å². The Morgan fingerprint density at radius 1 is 0.301 bits per heavy atom. The summed E-state index contributed by atoms with van der Waals surface area (Å²) < 4.78 is 30.3. The van der Waals surface area contributed by atoms with Gasteiger partial charge in [-0.3, -0.25) is 0 Å². The molecule has 0 fully saturated rings. The van der Waals surface area contributed by atoms with E-state index in [1.165, 1.54) is 0 Å². The Balaban J connectivity index is 1.15. The lowest BCUT2D eigenvalue weighted by molar-refractivity contribution is 0.670. The Morgan fingerprint density at radius 3 is 1.13 bits per heavy atom. The lowest BCUT2D eigenvalue weighted by atomic mass is 9.90. The fourth-order valence-electron chi connectivity index (χ4n) is 14.2. The standard InChI is InChI=1S/C74H37N5O3S/c75-38-55-56(39-76)66(78-58-26-9-2-17-41(58)48-33-36-51-44-20-5-12-29-61(44)81-72(51)68(48)78)70(79-59-27-10-3-18-42(59)49-34-37-52-45-21-6-13-30-62(45)82-73(52)69(49)79)64(54-24-15-23-53-46-22-7-14-31-63(46)83-74(53)54)65(55)77-57-25-8-1-16-40(57)47-32-35-50-43-19-4-11-28-60(43)80-71(50)67(47)77/h1-37H. The topological polar surface area (TPSA) is 102 Å². The predicted molar refractivity (Wildman–Crippen MR) is 339 cm³/mol. The first-order chi connectivity index (χ1) is 41.1. The fourth-order valence-corrected chi connectivity index (χ4v) is 15.4. The van der Waals surface area contributed by atoms with E-state index < -0.39 is 0 Å². The van der Waals surface area contributed by atoms with Crippen LogP contribution in [0.2, 0.25) is 0 Å². The molecule has 0 bridgehead atoms. The van der Waals surface area contributed by atoms with Gasteiger partial charge in [0.1, 0.15) is 28.9 Å². The lowest BCUT2D eigenvalue weighted by Crippen LogP contribution is -2.14. The smallest absolute Gasteiger partial charge is 0.160 e. The van der Waals surface area contributed by atoms with Gasteiger partial charge in [-0.15, -0.1) is 11.3 Å². The zero-order valence-electron chi connectivity index (χ0n) is 43.7. The molecule has 9 heteroatoms. The number of furan rings is 3. The van der Waals surface area contributed by atoms with Crippen LogP contribution in [0.15, 0.2) is 238 Å². The van der Waals surface area contributed by atoms with Crippen molar-refractivity contribution in [1.82, 2.24) is 13.7 Å². The summed E-state index contributed by atoms with van der Waals surface area (Å²) in [6.07, 6.45) is 0. The maximum absolute atomic E-state index is 12.7. The Labute approximate surface area is 473 Å². The van der Waals surface area contributed by atoms with Crippen molar-refractivity contribution in [2.45, 2.75) is 0 Å². The first-order valence-corrected chi connectivity index (χ1v) is 28.4. The van der Waals surface area contributed by atoms with Gasteiger partial charge in [0.15, 0.2) is 16.7 Å². The summed E-state index contributed by atoms with van der Waals surface area (Å²) in [5.41, 5.74) is 13.0. The normalized spacial score (nSPS) is 12.3. The van der Waals surface area contributed by atoms with Crippen LogP contribution in [0.4, 0.5) is 0 Å². The summed E-state index contributed by atoms with van der Waals surface area (Å²) in [7, 11) is 0. The summed E-state index contributed by atoms with van der Waals surface area (Å²) in [5, 5.41) is 39.1. The Kier molecular flexibility index (Phi) is 8.66. The molecule has 0 saturated heterocycles. The molecule has 0 N–H and O–H groups in total. The van der Waals surface area contributed by atoms with E-state index in [4.69, 9.17) is 13.3 Å². The van der Waals surface area contributed by atoms with Crippen molar-refractivity contribution in [3.8, 4) is 40.3 Å². The molecule has 12 aromatic carbocycles. The quantitative estimate of drug-likeness (QED) is 0.175. The van der Waals surface area contributed by atoms with Crippen LogP contribution in [0.25, 0.3) is 180 Å². The minimum Gasteiger partial charge on any atom is -0.454 e. The van der Waals surface area contributed by atoms with Gasteiger partial charge in [0.2, 0.25) is 0 Å². The van der Waals surface area contributed by atoms with Gasteiger partial charge in [0.25, 0.3) is 0 Å². The van der Waals surface area contributed by atoms with Crippen LogP contribution in [0, 0.1) is 22.7 Å². The van der Waals surface area contributed by atoms with Crippen molar-refractivity contribution in [1.29, 1.82) is 10.5 Å². The summed E-state index contributed by atoms with van der Waals surface area (Å²) in [6.45, 7) is 0. The molecule has 0 spiro atoms. The molecule has 19 aromatic rings. The fraction of sp³-hybridized carbons (Fsp3) is 0. The molecule has 0 unspecified atom stereocenters. The maximum Gasteiger partial charge on any atom is 0.160 e.